The Hall–Kier alpha value is -1.89. The van der Waals surface area contributed by atoms with Crippen LogP contribution in [0.3, 0.4) is 0 Å². The fourth-order valence-corrected chi connectivity index (χ4v) is 5.18. The molecule has 0 aromatic heterocycles. The minimum absolute atomic E-state index is 0.0639. The lowest BCUT2D eigenvalue weighted by Gasteiger charge is -2.43. The van der Waals surface area contributed by atoms with Gasteiger partial charge in [0.2, 0.25) is 5.91 Å². The van der Waals surface area contributed by atoms with Crippen LogP contribution in [0.2, 0.25) is 0 Å². The number of nitrogens with one attached hydrogen (secondary N) is 1. The summed E-state index contributed by atoms with van der Waals surface area (Å²) in [6, 6.07) is 9.34. The van der Waals surface area contributed by atoms with Crippen LogP contribution < -0.4 is 10.2 Å². The van der Waals surface area contributed by atoms with Crippen molar-refractivity contribution in [1.82, 2.24) is 10.2 Å². The Morgan fingerprint density at radius 3 is 2.48 bits per heavy atom. The van der Waals surface area contributed by atoms with E-state index >= 15 is 0 Å². The number of likely N-dealkylation sites (tertiary alicyclic amines) is 1. The number of piperidine rings is 1. The molecule has 6 nitrogen and oxygen atoms in total. The molecule has 2 heterocycles. The number of anilines is 1. The summed E-state index contributed by atoms with van der Waals surface area (Å²) in [4.78, 5) is 27.5. The van der Waals surface area contributed by atoms with E-state index in [0.717, 1.165) is 5.69 Å². The molecule has 1 spiro atoms. The summed E-state index contributed by atoms with van der Waals surface area (Å²) in [6.45, 7) is 5.76. The van der Waals surface area contributed by atoms with E-state index in [1.54, 1.807) is 9.80 Å². The SMILES string of the molecule is CC(C)CNC(=O)N1CCC2(CC1)N(c1ccccc1)C(=O)CS2=O. The molecule has 3 rings (SSSR count). The first kappa shape index (κ1) is 17.9. The summed E-state index contributed by atoms with van der Waals surface area (Å²) in [5.41, 5.74) is 0.788. The van der Waals surface area contributed by atoms with Crippen molar-refractivity contribution in [2.75, 3.05) is 30.3 Å². The molecule has 1 aromatic carbocycles. The van der Waals surface area contributed by atoms with Gasteiger partial charge in [-0.05, 0) is 18.1 Å². The molecule has 0 radical (unpaired) electrons. The number of para-hydroxylation sites is 1. The number of hydrogen-bond acceptors (Lipinski definition) is 3. The zero-order chi connectivity index (χ0) is 18.0. The number of benzene rings is 1. The van der Waals surface area contributed by atoms with E-state index in [2.05, 4.69) is 19.2 Å². The second-order valence-electron chi connectivity index (χ2n) is 7.07. The predicted octanol–water partition coefficient (Wildman–Crippen LogP) is 1.94. The molecule has 1 unspecified atom stereocenters. The van der Waals surface area contributed by atoms with Crippen LogP contribution in [0, 0.1) is 5.92 Å². The number of hydrogen-bond donors (Lipinski definition) is 1. The number of amides is 3. The topological polar surface area (TPSA) is 69.7 Å². The minimum atomic E-state index is -1.25. The lowest BCUT2D eigenvalue weighted by atomic mass is 10.0. The van der Waals surface area contributed by atoms with Crippen LogP contribution in [0.5, 0.6) is 0 Å². The van der Waals surface area contributed by atoms with Crippen LogP contribution in [-0.4, -0.2) is 51.3 Å². The van der Waals surface area contributed by atoms with Crippen LogP contribution in [0.1, 0.15) is 26.7 Å². The van der Waals surface area contributed by atoms with Gasteiger partial charge in [-0.2, -0.15) is 0 Å². The number of carbonyl (C=O) groups is 2. The molecular formula is C18H25N3O3S. The van der Waals surface area contributed by atoms with Crippen molar-refractivity contribution < 1.29 is 13.8 Å². The summed E-state index contributed by atoms with van der Waals surface area (Å²) >= 11 is 0. The Morgan fingerprint density at radius 1 is 1.24 bits per heavy atom. The molecule has 1 atom stereocenters. The van der Waals surface area contributed by atoms with Gasteiger partial charge in [-0.3, -0.25) is 13.9 Å². The van der Waals surface area contributed by atoms with E-state index in [-0.39, 0.29) is 17.7 Å². The van der Waals surface area contributed by atoms with E-state index in [1.807, 2.05) is 30.3 Å². The first-order chi connectivity index (χ1) is 11.9. The van der Waals surface area contributed by atoms with Crippen LogP contribution in [0.15, 0.2) is 30.3 Å². The van der Waals surface area contributed by atoms with Gasteiger partial charge in [0.05, 0.1) is 10.8 Å². The molecule has 0 aliphatic carbocycles. The van der Waals surface area contributed by atoms with Crippen molar-refractivity contribution in [2.45, 2.75) is 31.6 Å². The van der Waals surface area contributed by atoms with Gasteiger partial charge in [0, 0.05) is 38.2 Å². The lowest BCUT2D eigenvalue weighted by Crippen LogP contribution is -2.57. The second-order valence-corrected chi connectivity index (χ2v) is 8.81. The average Bonchev–Trinajstić information content (AvgIpc) is 2.84. The van der Waals surface area contributed by atoms with Crippen LogP contribution in [-0.2, 0) is 15.6 Å². The number of carbonyl (C=O) groups excluding carboxylic acids is 2. The highest BCUT2D eigenvalue weighted by Crippen LogP contribution is 2.40. The summed E-state index contributed by atoms with van der Waals surface area (Å²) in [5, 5.41) is 2.92. The Kier molecular flexibility index (Phi) is 5.13. The van der Waals surface area contributed by atoms with Gasteiger partial charge in [0.15, 0.2) is 0 Å². The van der Waals surface area contributed by atoms with E-state index in [9.17, 15) is 13.8 Å². The third kappa shape index (κ3) is 3.42. The van der Waals surface area contributed by atoms with E-state index in [1.165, 1.54) is 0 Å². The molecule has 7 heteroatoms. The highest BCUT2D eigenvalue weighted by molar-refractivity contribution is 7.88. The highest BCUT2D eigenvalue weighted by atomic mass is 32.2. The maximum Gasteiger partial charge on any atom is 0.317 e. The Bertz CT molecular complexity index is 669. The molecule has 2 saturated heterocycles. The number of rotatable bonds is 3. The highest BCUT2D eigenvalue weighted by Gasteiger charge is 2.53. The van der Waals surface area contributed by atoms with Gasteiger partial charge >= 0.3 is 6.03 Å². The molecule has 1 N–H and O–H groups in total. The van der Waals surface area contributed by atoms with Gasteiger partial charge in [-0.1, -0.05) is 32.0 Å². The third-order valence-corrected chi connectivity index (χ3v) is 6.79. The molecule has 0 saturated carbocycles. The van der Waals surface area contributed by atoms with Crippen molar-refractivity contribution in [3.63, 3.8) is 0 Å². The van der Waals surface area contributed by atoms with Crippen LogP contribution in [0.4, 0.5) is 10.5 Å². The summed E-state index contributed by atoms with van der Waals surface area (Å²) in [7, 11) is -1.25. The Balaban J connectivity index is 1.75. The van der Waals surface area contributed by atoms with Gasteiger partial charge < -0.3 is 10.2 Å². The molecule has 2 aliphatic rings. The Labute approximate surface area is 151 Å². The maximum absolute atomic E-state index is 12.8. The second kappa shape index (κ2) is 7.15. The van der Waals surface area contributed by atoms with E-state index in [0.29, 0.717) is 38.4 Å². The van der Waals surface area contributed by atoms with Gasteiger partial charge in [0.1, 0.15) is 10.6 Å². The summed E-state index contributed by atoms with van der Waals surface area (Å²) in [5.74, 6) is 0.366. The zero-order valence-corrected chi connectivity index (χ0v) is 15.6. The summed E-state index contributed by atoms with van der Waals surface area (Å²) < 4.78 is 12.8. The normalized spacial score (nSPS) is 22.7. The zero-order valence-electron chi connectivity index (χ0n) is 14.7. The Morgan fingerprint density at radius 2 is 1.88 bits per heavy atom. The molecule has 2 fully saturated rings. The van der Waals surface area contributed by atoms with Crippen LogP contribution in [0.25, 0.3) is 0 Å². The quantitative estimate of drug-likeness (QED) is 0.892. The average molecular weight is 363 g/mol. The van der Waals surface area contributed by atoms with Gasteiger partial charge in [-0.15, -0.1) is 0 Å². The summed E-state index contributed by atoms with van der Waals surface area (Å²) in [6.07, 6.45) is 1.07. The first-order valence-electron chi connectivity index (χ1n) is 8.73. The number of nitrogens with zero attached hydrogens (tertiary/aromatic N) is 2. The minimum Gasteiger partial charge on any atom is -0.338 e. The molecule has 25 heavy (non-hydrogen) atoms. The smallest absolute Gasteiger partial charge is 0.317 e. The molecule has 2 aliphatic heterocycles. The molecular weight excluding hydrogens is 338 g/mol. The molecule has 3 amide bonds. The van der Waals surface area contributed by atoms with Crippen molar-refractivity contribution in [3.05, 3.63) is 30.3 Å². The van der Waals surface area contributed by atoms with Gasteiger partial charge in [0.25, 0.3) is 0 Å². The number of urea groups is 1. The fourth-order valence-electron chi connectivity index (χ4n) is 3.51. The lowest BCUT2D eigenvalue weighted by molar-refractivity contribution is -0.116. The predicted molar refractivity (Wildman–Crippen MR) is 98.7 cm³/mol. The largest absolute Gasteiger partial charge is 0.338 e. The standard InChI is InChI=1S/C18H25N3O3S/c1-14(2)12-19-17(23)20-10-8-18(9-11-20)21(16(22)13-25(18)24)15-6-4-3-5-7-15/h3-7,14H,8-13H2,1-2H3,(H,19,23). The van der Waals surface area contributed by atoms with E-state index < -0.39 is 15.7 Å². The maximum atomic E-state index is 12.8. The van der Waals surface area contributed by atoms with Crippen LogP contribution >= 0.6 is 0 Å². The van der Waals surface area contributed by atoms with Gasteiger partial charge in [-0.25, -0.2) is 4.79 Å². The third-order valence-electron chi connectivity index (χ3n) is 4.84. The monoisotopic (exact) mass is 363 g/mol. The first-order valence-corrected chi connectivity index (χ1v) is 10.1. The van der Waals surface area contributed by atoms with Crippen molar-refractivity contribution in [1.29, 1.82) is 0 Å². The van der Waals surface area contributed by atoms with Crippen molar-refractivity contribution in [3.8, 4) is 0 Å². The molecule has 136 valence electrons. The molecule has 0 bridgehead atoms. The van der Waals surface area contributed by atoms with Crippen molar-refractivity contribution >= 4 is 28.4 Å². The molecule has 1 aromatic rings. The van der Waals surface area contributed by atoms with E-state index in [4.69, 9.17) is 0 Å². The van der Waals surface area contributed by atoms with Crippen molar-refractivity contribution in [2.24, 2.45) is 5.92 Å². The fraction of sp³-hybridized carbons (Fsp3) is 0.556.